The number of aliphatic carboxylic acids is 1. The van der Waals surface area contributed by atoms with Crippen molar-refractivity contribution in [3.63, 3.8) is 0 Å². The van der Waals surface area contributed by atoms with E-state index in [9.17, 15) is 14.3 Å². The summed E-state index contributed by atoms with van der Waals surface area (Å²) in [6, 6.07) is 15.9. The zero-order valence-corrected chi connectivity index (χ0v) is 19.4. The maximum atomic E-state index is 13.9. The number of ether oxygens (including phenoxy) is 1. The van der Waals surface area contributed by atoms with Gasteiger partial charge in [-0.3, -0.25) is 4.98 Å². The number of carboxylic acids is 1. The third kappa shape index (κ3) is 5.75. The minimum Gasteiger partial charge on any atom is -0.494 e. The standard InChI is InChI=1S/C28H28FNO3/c1-5-7-21(16-26(28(31)32)25-17-22(29)11-8-18(25)3)27-15-14-24(19(4)30-27)20-9-12-23(13-10-20)33-6-2/h7-17H,5-6H2,1-4H3,(H,31,32)/b21-7-,26-16+. The molecule has 170 valence electrons. The Morgan fingerprint density at radius 1 is 1.06 bits per heavy atom. The summed E-state index contributed by atoms with van der Waals surface area (Å²) >= 11 is 0. The Bertz CT molecular complexity index is 1210. The maximum Gasteiger partial charge on any atom is 0.336 e. The van der Waals surface area contributed by atoms with Crippen molar-refractivity contribution in [3.8, 4) is 16.9 Å². The molecule has 1 N–H and O–H groups in total. The van der Waals surface area contributed by atoms with Crippen LogP contribution in [0.25, 0.3) is 22.3 Å². The lowest BCUT2D eigenvalue weighted by atomic mass is 9.96. The predicted molar refractivity (Wildman–Crippen MR) is 131 cm³/mol. The lowest BCUT2D eigenvalue weighted by Crippen LogP contribution is -2.03. The first-order valence-electron chi connectivity index (χ1n) is 11.0. The Balaban J connectivity index is 2.02. The van der Waals surface area contributed by atoms with Crippen LogP contribution in [0.2, 0.25) is 0 Å². The summed E-state index contributed by atoms with van der Waals surface area (Å²) in [5.74, 6) is -0.776. The molecule has 2 aromatic carbocycles. The molecule has 0 aliphatic rings. The number of hydrogen-bond acceptors (Lipinski definition) is 3. The van der Waals surface area contributed by atoms with Crippen LogP contribution in [0.1, 0.15) is 42.8 Å². The third-order valence-electron chi connectivity index (χ3n) is 5.30. The van der Waals surface area contributed by atoms with Crippen LogP contribution in [0.5, 0.6) is 5.75 Å². The number of aromatic nitrogens is 1. The average Bonchev–Trinajstić information content (AvgIpc) is 2.79. The molecule has 4 nitrogen and oxygen atoms in total. The lowest BCUT2D eigenvalue weighted by Gasteiger charge is -2.12. The van der Waals surface area contributed by atoms with Crippen LogP contribution in [-0.2, 0) is 4.79 Å². The van der Waals surface area contributed by atoms with Crippen molar-refractivity contribution in [1.82, 2.24) is 4.98 Å². The van der Waals surface area contributed by atoms with Gasteiger partial charge in [-0.25, -0.2) is 9.18 Å². The fraction of sp³-hybridized carbons (Fsp3) is 0.214. The molecule has 0 spiro atoms. The van der Waals surface area contributed by atoms with Crippen LogP contribution in [0.3, 0.4) is 0 Å². The number of benzene rings is 2. The number of aryl methyl sites for hydroxylation is 2. The Morgan fingerprint density at radius 2 is 1.79 bits per heavy atom. The number of rotatable bonds is 8. The number of allylic oxidation sites excluding steroid dienone is 3. The molecule has 1 aromatic heterocycles. The second-order valence-electron chi connectivity index (χ2n) is 7.68. The van der Waals surface area contributed by atoms with E-state index in [4.69, 9.17) is 9.72 Å². The maximum absolute atomic E-state index is 13.9. The predicted octanol–water partition coefficient (Wildman–Crippen LogP) is 6.86. The van der Waals surface area contributed by atoms with Crippen LogP contribution in [0.4, 0.5) is 4.39 Å². The van der Waals surface area contributed by atoms with Gasteiger partial charge in [0.1, 0.15) is 11.6 Å². The number of carboxylic acid groups (broad SMARTS) is 1. The van der Waals surface area contributed by atoms with Crippen LogP contribution in [0.15, 0.2) is 66.7 Å². The highest BCUT2D eigenvalue weighted by Gasteiger charge is 2.16. The number of halogens is 1. The largest absolute Gasteiger partial charge is 0.494 e. The molecular weight excluding hydrogens is 417 g/mol. The Kier molecular flexibility index (Phi) is 7.78. The summed E-state index contributed by atoms with van der Waals surface area (Å²) < 4.78 is 19.4. The van der Waals surface area contributed by atoms with Crippen molar-refractivity contribution in [1.29, 1.82) is 0 Å². The summed E-state index contributed by atoms with van der Waals surface area (Å²) in [6.45, 7) is 8.23. The van der Waals surface area contributed by atoms with E-state index in [1.807, 2.05) is 63.2 Å². The Labute approximate surface area is 194 Å². The molecule has 3 aromatic rings. The summed E-state index contributed by atoms with van der Waals surface area (Å²) in [5.41, 5.74) is 5.25. The van der Waals surface area contributed by atoms with Crippen molar-refractivity contribution in [2.75, 3.05) is 6.61 Å². The first kappa shape index (κ1) is 23.9. The van der Waals surface area contributed by atoms with E-state index in [-0.39, 0.29) is 5.57 Å². The number of nitrogens with zero attached hydrogens (tertiary/aromatic N) is 1. The van der Waals surface area contributed by atoms with E-state index in [0.717, 1.165) is 22.6 Å². The molecular formula is C28H28FNO3. The van der Waals surface area contributed by atoms with Gasteiger partial charge in [0.15, 0.2) is 0 Å². The van der Waals surface area contributed by atoms with Gasteiger partial charge in [-0.15, -0.1) is 0 Å². The molecule has 0 fully saturated rings. The molecule has 33 heavy (non-hydrogen) atoms. The molecule has 1 heterocycles. The lowest BCUT2D eigenvalue weighted by molar-refractivity contribution is -0.130. The van der Waals surface area contributed by atoms with Crippen LogP contribution < -0.4 is 4.74 Å². The Morgan fingerprint density at radius 3 is 2.39 bits per heavy atom. The SMILES string of the molecule is CC/C=C(/C=C(/C(=O)O)c1cc(F)ccc1C)c1ccc(-c2ccc(OCC)cc2)c(C)n1. The molecule has 0 saturated carbocycles. The minimum absolute atomic E-state index is 0.0294. The van der Waals surface area contributed by atoms with Crippen LogP contribution >= 0.6 is 0 Å². The molecule has 0 aliphatic carbocycles. The van der Waals surface area contributed by atoms with E-state index in [1.54, 1.807) is 19.1 Å². The summed E-state index contributed by atoms with van der Waals surface area (Å²) in [7, 11) is 0. The molecule has 0 saturated heterocycles. The third-order valence-corrected chi connectivity index (χ3v) is 5.30. The second-order valence-corrected chi connectivity index (χ2v) is 7.68. The van der Waals surface area contributed by atoms with Gasteiger partial charge in [-0.2, -0.15) is 0 Å². The van der Waals surface area contributed by atoms with Crippen molar-refractivity contribution in [3.05, 3.63) is 95.1 Å². The molecule has 5 heteroatoms. The van der Waals surface area contributed by atoms with E-state index >= 15 is 0 Å². The van der Waals surface area contributed by atoms with Crippen molar-refractivity contribution in [2.45, 2.75) is 34.1 Å². The van der Waals surface area contributed by atoms with Crippen molar-refractivity contribution < 1.29 is 19.0 Å². The molecule has 0 bridgehead atoms. The minimum atomic E-state index is -1.12. The summed E-state index contributed by atoms with van der Waals surface area (Å²) in [5, 5.41) is 9.87. The fourth-order valence-electron chi connectivity index (χ4n) is 3.68. The van der Waals surface area contributed by atoms with Crippen LogP contribution in [0, 0.1) is 19.7 Å². The first-order chi connectivity index (χ1) is 15.8. The molecule has 0 atom stereocenters. The molecule has 0 amide bonds. The van der Waals surface area contributed by atoms with Gasteiger partial charge in [-0.1, -0.05) is 37.3 Å². The number of pyridine rings is 1. The van der Waals surface area contributed by atoms with E-state index in [2.05, 4.69) is 0 Å². The van der Waals surface area contributed by atoms with E-state index in [1.165, 1.54) is 12.1 Å². The molecule has 0 unspecified atom stereocenters. The fourth-order valence-corrected chi connectivity index (χ4v) is 3.68. The first-order valence-corrected chi connectivity index (χ1v) is 11.0. The second kappa shape index (κ2) is 10.7. The number of carbonyl (C=O) groups is 1. The number of hydrogen-bond donors (Lipinski definition) is 1. The molecule has 0 radical (unpaired) electrons. The summed E-state index contributed by atoms with van der Waals surface area (Å²) in [4.78, 5) is 16.8. The van der Waals surface area contributed by atoms with E-state index < -0.39 is 11.8 Å². The van der Waals surface area contributed by atoms with Gasteiger partial charge in [0, 0.05) is 11.3 Å². The van der Waals surface area contributed by atoms with Gasteiger partial charge in [0.2, 0.25) is 0 Å². The van der Waals surface area contributed by atoms with Gasteiger partial charge in [0.05, 0.1) is 17.9 Å². The zero-order valence-electron chi connectivity index (χ0n) is 19.4. The quantitative estimate of drug-likeness (QED) is 0.304. The van der Waals surface area contributed by atoms with Gasteiger partial charge in [0.25, 0.3) is 0 Å². The zero-order chi connectivity index (χ0) is 24.0. The highest BCUT2D eigenvalue weighted by atomic mass is 19.1. The highest BCUT2D eigenvalue weighted by molar-refractivity contribution is 6.18. The molecule has 3 rings (SSSR count). The normalized spacial score (nSPS) is 12.0. The smallest absolute Gasteiger partial charge is 0.336 e. The van der Waals surface area contributed by atoms with Gasteiger partial charge in [-0.05, 0) is 85.9 Å². The van der Waals surface area contributed by atoms with Crippen molar-refractivity contribution in [2.24, 2.45) is 0 Å². The molecule has 0 aliphatic heterocycles. The van der Waals surface area contributed by atoms with Gasteiger partial charge < -0.3 is 9.84 Å². The summed E-state index contributed by atoms with van der Waals surface area (Å²) in [6.07, 6.45) is 4.20. The van der Waals surface area contributed by atoms with Gasteiger partial charge >= 0.3 is 5.97 Å². The topological polar surface area (TPSA) is 59.4 Å². The van der Waals surface area contributed by atoms with E-state index in [0.29, 0.717) is 35.4 Å². The Hall–Kier alpha value is -3.73. The monoisotopic (exact) mass is 445 g/mol. The highest BCUT2D eigenvalue weighted by Crippen LogP contribution is 2.29. The average molecular weight is 446 g/mol. The van der Waals surface area contributed by atoms with Crippen LogP contribution in [-0.4, -0.2) is 22.7 Å². The van der Waals surface area contributed by atoms with Crippen molar-refractivity contribution >= 4 is 17.1 Å².